The van der Waals surface area contributed by atoms with Crippen molar-refractivity contribution in [3.05, 3.63) is 0 Å². The van der Waals surface area contributed by atoms with Gasteiger partial charge in [-0.25, -0.2) is 0 Å². The van der Waals surface area contributed by atoms with E-state index in [4.69, 9.17) is 12.3 Å². The number of carbonyl (C=O) groups is 1. The minimum Gasteiger partial charge on any atom is -0.417 e. The maximum Gasteiger partial charge on any atom is 0.469 e. The molecule has 1 rings (SSSR count). The average Bonchev–Trinajstić information content (AvgIpc) is 2.61. The standard InChI is InChI=1S/C24H56N2O4Si4/c1-26(21-15-12-16-22-26)20-14-11-13-18-24(27)25-19-17-23-34(28-31(2,3)4,29-32(5,6)7)30-33(8,9)10/h11-23H2,1-10H3/p+1. The Balaban J connectivity index is 2.47. The third kappa shape index (κ3) is 15.3. The first-order valence-electron chi connectivity index (χ1n) is 13.6. The van der Waals surface area contributed by atoms with Crippen LogP contribution in [0.25, 0.3) is 0 Å². The smallest absolute Gasteiger partial charge is 0.417 e. The molecule has 0 saturated carbocycles. The van der Waals surface area contributed by atoms with Gasteiger partial charge in [-0.15, -0.1) is 0 Å². The van der Waals surface area contributed by atoms with E-state index in [1.54, 1.807) is 0 Å². The lowest BCUT2D eigenvalue weighted by molar-refractivity contribution is -0.914. The predicted molar refractivity (Wildman–Crippen MR) is 155 cm³/mol. The van der Waals surface area contributed by atoms with Crippen molar-refractivity contribution in [2.24, 2.45) is 0 Å². The van der Waals surface area contributed by atoms with Crippen LogP contribution in [-0.2, 0) is 17.1 Å². The van der Waals surface area contributed by atoms with Gasteiger partial charge in [0, 0.05) is 19.0 Å². The van der Waals surface area contributed by atoms with Crippen LogP contribution in [0, 0.1) is 0 Å². The summed E-state index contributed by atoms with van der Waals surface area (Å²) >= 11 is 0. The fraction of sp³-hybridized carbons (Fsp3) is 0.958. The zero-order chi connectivity index (χ0) is 26.1. The van der Waals surface area contributed by atoms with Crippen LogP contribution in [0.1, 0.15) is 51.4 Å². The fourth-order valence-electron chi connectivity index (χ4n) is 4.69. The van der Waals surface area contributed by atoms with Crippen LogP contribution >= 0.6 is 0 Å². The molecule has 1 amide bonds. The molecule has 0 aromatic heterocycles. The van der Waals surface area contributed by atoms with E-state index in [-0.39, 0.29) is 5.91 Å². The number of hydrogen-bond acceptors (Lipinski definition) is 4. The Morgan fingerprint density at radius 2 is 1.24 bits per heavy atom. The molecule has 202 valence electrons. The molecule has 1 aliphatic heterocycles. The molecular weight excluding hydrogens is 493 g/mol. The molecule has 10 heteroatoms. The number of piperidine rings is 1. The molecule has 0 aliphatic carbocycles. The molecule has 1 aliphatic rings. The SMILES string of the molecule is C[N+]1(CCCCCC(=O)NCCC[Si](O[Si](C)(C)C)(O[Si](C)(C)C)O[Si](C)(C)C)CCCCC1. The van der Waals surface area contributed by atoms with E-state index in [0.717, 1.165) is 25.3 Å². The van der Waals surface area contributed by atoms with Gasteiger partial charge in [-0.05, 0) is 104 Å². The zero-order valence-corrected chi connectivity index (χ0v) is 28.3. The van der Waals surface area contributed by atoms with Gasteiger partial charge in [0.1, 0.15) is 0 Å². The molecular formula is C24H57N2O4Si4+. The monoisotopic (exact) mass is 549 g/mol. The van der Waals surface area contributed by atoms with Gasteiger partial charge in [0.05, 0.1) is 26.7 Å². The van der Waals surface area contributed by atoms with Crippen molar-refractivity contribution in [3.8, 4) is 0 Å². The summed E-state index contributed by atoms with van der Waals surface area (Å²) < 4.78 is 21.4. The van der Waals surface area contributed by atoms with E-state index in [0.29, 0.717) is 13.0 Å². The third-order valence-corrected chi connectivity index (χ3v) is 17.9. The van der Waals surface area contributed by atoms with Crippen molar-refractivity contribution in [1.29, 1.82) is 0 Å². The van der Waals surface area contributed by atoms with Crippen LogP contribution in [0.15, 0.2) is 0 Å². The molecule has 0 radical (unpaired) electrons. The lowest BCUT2D eigenvalue weighted by atomic mass is 10.1. The number of rotatable bonds is 16. The molecule has 0 aromatic carbocycles. The van der Waals surface area contributed by atoms with Crippen molar-refractivity contribution in [2.45, 2.75) is 116 Å². The van der Waals surface area contributed by atoms with Gasteiger partial charge in [-0.2, -0.15) is 0 Å². The van der Waals surface area contributed by atoms with E-state index in [1.165, 1.54) is 49.8 Å². The summed E-state index contributed by atoms with van der Waals surface area (Å²) in [5, 5.41) is 3.14. The Bertz CT molecular complexity index is 569. The lowest BCUT2D eigenvalue weighted by Crippen LogP contribution is -2.60. The van der Waals surface area contributed by atoms with Crippen LogP contribution in [-0.4, -0.2) is 77.4 Å². The highest BCUT2D eigenvalue weighted by Crippen LogP contribution is 2.29. The predicted octanol–water partition coefficient (Wildman–Crippen LogP) is 6.18. The third-order valence-electron chi connectivity index (χ3n) is 5.86. The van der Waals surface area contributed by atoms with Gasteiger partial charge in [-0.1, -0.05) is 0 Å². The maximum atomic E-state index is 12.4. The van der Waals surface area contributed by atoms with E-state index in [9.17, 15) is 4.79 Å². The van der Waals surface area contributed by atoms with Gasteiger partial charge < -0.3 is 22.1 Å². The van der Waals surface area contributed by atoms with Gasteiger partial charge in [0.25, 0.3) is 0 Å². The number of likely N-dealkylation sites (tertiary alicyclic amines) is 1. The minimum absolute atomic E-state index is 0.175. The second-order valence-corrected chi connectivity index (χ2v) is 30.4. The Labute approximate surface area is 215 Å². The molecule has 6 nitrogen and oxygen atoms in total. The lowest BCUT2D eigenvalue weighted by Gasteiger charge is -2.43. The van der Waals surface area contributed by atoms with Gasteiger partial charge >= 0.3 is 8.80 Å². The van der Waals surface area contributed by atoms with Gasteiger partial charge in [0.15, 0.2) is 25.0 Å². The number of unbranched alkanes of at least 4 members (excludes halogenated alkanes) is 2. The Kier molecular flexibility index (Phi) is 12.9. The topological polar surface area (TPSA) is 56.8 Å². The van der Waals surface area contributed by atoms with E-state index >= 15 is 0 Å². The molecule has 1 heterocycles. The highest BCUT2D eigenvalue weighted by molar-refractivity contribution is 6.90. The number of carbonyl (C=O) groups excluding carboxylic acids is 1. The second kappa shape index (κ2) is 13.6. The summed E-state index contributed by atoms with van der Waals surface area (Å²) in [5.74, 6) is 0.175. The molecule has 1 saturated heterocycles. The second-order valence-electron chi connectivity index (χ2n) is 13.4. The summed E-state index contributed by atoms with van der Waals surface area (Å²) in [7, 11) is -5.95. The summed E-state index contributed by atoms with van der Waals surface area (Å²) in [6.45, 7) is 24.5. The largest absolute Gasteiger partial charge is 0.469 e. The first kappa shape index (κ1) is 32.2. The van der Waals surface area contributed by atoms with Crippen LogP contribution < -0.4 is 5.32 Å². The van der Waals surface area contributed by atoms with Crippen molar-refractivity contribution < 1.29 is 21.6 Å². The molecule has 1 N–H and O–H groups in total. The average molecular weight is 550 g/mol. The number of amides is 1. The molecule has 0 atom stereocenters. The molecule has 0 bridgehead atoms. The summed E-state index contributed by atoms with van der Waals surface area (Å²) in [6, 6.07) is 0.780. The zero-order valence-electron chi connectivity index (χ0n) is 24.3. The van der Waals surface area contributed by atoms with Crippen molar-refractivity contribution in [1.82, 2.24) is 5.32 Å². The van der Waals surface area contributed by atoms with Gasteiger partial charge in [0.2, 0.25) is 5.91 Å². The summed E-state index contributed by atoms with van der Waals surface area (Å²) in [6.07, 6.45) is 8.98. The number of quaternary nitrogens is 1. The quantitative estimate of drug-likeness (QED) is 0.142. The number of nitrogens with one attached hydrogen (secondary N) is 1. The van der Waals surface area contributed by atoms with Gasteiger partial charge in [-0.3, -0.25) is 4.79 Å². The van der Waals surface area contributed by atoms with E-state index in [1.807, 2.05) is 0 Å². The van der Waals surface area contributed by atoms with E-state index < -0.39 is 33.8 Å². The summed E-state index contributed by atoms with van der Waals surface area (Å²) in [4.78, 5) is 12.4. The minimum atomic E-state index is -2.80. The van der Waals surface area contributed by atoms with Crippen molar-refractivity contribution in [2.75, 3.05) is 33.2 Å². The Morgan fingerprint density at radius 3 is 1.71 bits per heavy atom. The first-order chi connectivity index (χ1) is 15.4. The first-order valence-corrected chi connectivity index (χ1v) is 25.8. The highest BCUT2D eigenvalue weighted by atomic mass is 28.5. The fourth-order valence-corrected chi connectivity index (χ4v) is 19.3. The Hall–Kier alpha value is 0.178. The Morgan fingerprint density at radius 1 is 0.735 bits per heavy atom. The molecule has 0 unspecified atom stereocenters. The molecule has 0 spiro atoms. The van der Waals surface area contributed by atoms with Crippen LogP contribution in [0.4, 0.5) is 0 Å². The normalized spacial score (nSPS) is 17.6. The maximum absolute atomic E-state index is 12.4. The highest BCUT2D eigenvalue weighted by Gasteiger charge is 2.49. The van der Waals surface area contributed by atoms with Crippen LogP contribution in [0.5, 0.6) is 0 Å². The molecule has 34 heavy (non-hydrogen) atoms. The number of hydrogen-bond donors (Lipinski definition) is 1. The van der Waals surface area contributed by atoms with Crippen molar-refractivity contribution >= 4 is 39.7 Å². The van der Waals surface area contributed by atoms with Crippen molar-refractivity contribution in [3.63, 3.8) is 0 Å². The van der Waals surface area contributed by atoms with Crippen LogP contribution in [0.3, 0.4) is 0 Å². The molecule has 1 fully saturated rings. The van der Waals surface area contributed by atoms with Crippen LogP contribution in [0.2, 0.25) is 65.0 Å². The van der Waals surface area contributed by atoms with E-state index in [2.05, 4.69) is 71.3 Å². The number of nitrogens with zero attached hydrogens (tertiary/aromatic N) is 1. The summed E-state index contributed by atoms with van der Waals surface area (Å²) in [5.41, 5.74) is 0. The molecule has 0 aromatic rings.